The van der Waals surface area contributed by atoms with Crippen LogP contribution in [0.25, 0.3) is 0 Å². The lowest BCUT2D eigenvalue weighted by atomic mass is 10.1. The molecule has 2 N–H and O–H groups in total. The number of nitrogens with one attached hydrogen (secondary N) is 2. The number of hydrogen-bond donors (Lipinski definition) is 2. The molecule has 0 spiro atoms. The second-order valence-corrected chi connectivity index (χ2v) is 6.29. The zero-order chi connectivity index (χ0) is 14.5. The number of hydrogen-bond acceptors (Lipinski definition) is 3. The highest BCUT2D eigenvalue weighted by atomic mass is 32.1. The zero-order valence-corrected chi connectivity index (χ0v) is 12.9. The average Bonchev–Trinajstić information content (AvgIpc) is 2.81. The largest absolute Gasteiger partial charge is 0.326 e. The number of thiophene rings is 1. The number of carbonyl (C=O) groups excluding carboxylic acids is 1. The van der Waals surface area contributed by atoms with E-state index in [2.05, 4.69) is 42.7 Å². The van der Waals surface area contributed by atoms with E-state index in [4.69, 9.17) is 0 Å². The van der Waals surface area contributed by atoms with E-state index in [1.165, 1.54) is 22.2 Å². The summed E-state index contributed by atoms with van der Waals surface area (Å²) >= 11 is 1.82. The molecule has 2 rings (SSSR count). The minimum Gasteiger partial charge on any atom is -0.326 e. The van der Waals surface area contributed by atoms with Crippen LogP contribution in [-0.2, 0) is 11.3 Å². The standard InChI is InChI=1S/C16H20N2OS/c1-11-7-8-16(20-11)10-17-12(2)14-5-4-6-15(9-14)18-13(3)19/h4-9,12,17H,10H2,1-3H3,(H,18,19). The summed E-state index contributed by atoms with van der Waals surface area (Å²) in [4.78, 5) is 13.8. The van der Waals surface area contributed by atoms with Gasteiger partial charge < -0.3 is 10.6 Å². The predicted molar refractivity (Wildman–Crippen MR) is 85.1 cm³/mol. The van der Waals surface area contributed by atoms with Gasteiger partial charge in [-0.2, -0.15) is 0 Å². The van der Waals surface area contributed by atoms with Crippen LogP contribution < -0.4 is 10.6 Å². The van der Waals surface area contributed by atoms with Gasteiger partial charge in [0.25, 0.3) is 0 Å². The van der Waals surface area contributed by atoms with E-state index in [-0.39, 0.29) is 11.9 Å². The fraction of sp³-hybridized carbons (Fsp3) is 0.312. The smallest absolute Gasteiger partial charge is 0.221 e. The fourth-order valence-electron chi connectivity index (χ4n) is 2.04. The van der Waals surface area contributed by atoms with Gasteiger partial charge in [0.2, 0.25) is 5.91 Å². The SMILES string of the molecule is CC(=O)Nc1cccc(C(C)NCc2ccc(C)s2)c1. The first-order valence-electron chi connectivity index (χ1n) is 6.71. The number of aryl methyl sites for hydroxylation is 1. The third-order valence-electron chi connectivity index (χ3n) is 3.09. The van der Waals surface area contributed by atoms with Crippen LogP contribution in [0.1, 0.15) is 35.2 Å². The number of benzene rings is 1. The summed E-state index contributed by atoms with van der Waals surface area (Å²) in [7, 11) is 0. The molecule has 20 heavy (non-hydrogen) atoms. The lowest BCUT2D eigenvalue weighted by Gasteiger charge is -2.15. The molecule has 0 bridgehead atoms. The summed E-state index contributed by atoms with van der Waals surface area (Å²) in [6, 6.07) is 12.5. The topological polar surface area (TPSA) is 41.1 Å². The first kappa shape index (κ1) is 14.8. The van der Waals surface area contributed by atoms with Crippen molar-refractivity contribution in [2.24, 2.45) is 0 Å². The Kier molecular flexibility index (Phi) is 4.93. The van der Waals surface area contributed by atoms with Gasteiger partial charge in [0.05, 0.1) is 0 Å². The Hall–Kier alpha value is -1.65. The molecule has 106 valence electrons. The molecule has 0 fully saturated rings. The van der Waals surface area contributed by atoms with Crippen molar-refractivity contribution in [3.63, 3.8) is 0 Å². The number of carbonyl (C=O) groups is 1. The molecule has 0 saturated heterocycles. The van der Waals surface area contributed by atoms with Crippen LogP contribution in [0.5, 0.6) is 0 Å². The van der Waals surface area contributed by atoms with Gasteiger partial charge in [-0.1, -0.05) is 12.1 Å². The molecule has 0 aliphatic heterocycles. The summed E-state index contributed by atoms with van der Waals surface area (Å²) in [5.41, 5.74) is 2.01. The third kappa shape index (κ3) is 4.18. The van der Waals surface area contributed by atoms with Crippen molar-refractivity contribution in [2.75, 3.05) is 5.32 Å². The minimum absolute atomic E-state index is 0.0446. The van der Waals surface area contributed by atoms with Crippen molar-refractivity contribution in [1.82, 2.24) is 5.32 Å². The molecule has 0 radical (unpaired) electrons. The highest BCUT2D eigenvalue weighted by Gasteiger charge is 2.07. The molecule has 0 aliphatic carbocycles. The van der Waals surface area contributed by atoms with Crippen LogP contribution in [0, 0.1) is 6.92 Å². The van der Waals surface area contributed by atoms with Crippen LogP contribution >= 0.6 is 11.3 Å². The summed E-state index contributed by atoms with van der Waals surface area (Å²) in [6.07, 6.45) is 0. The average molecular weight is 288 g/mol. The lowest BCUT2D eigenvalue weighted by Crippen LogP contribution is -2.17. The number of rotatable bonds is 5. The molecule has 3 nitrogen and oxygen atoms in total. The number of amides is 1. The van der Waals surface area contributed by atoms with Crippen molar-refractivity contribution >= 4 is 22.9 Å². The van der Waals surface area contributed by atoms with E-state index >= 15 is 0 Å². The number of anilines is 1. The summed E-state index contributed by atoms with van der Waals surface area (Å²) < 4.78 is 0. The maximum absolute atomic E-state index is 11.1. The van der Waals surface area contributed by atoms with E-state index in [0.717, 1.165) is 12.2 Å². The summed E-state index contributed by atoms with van der Waals surface area (Å²) in [6.45, 7) is 6.64. The van der Waals surface area contributed by atoms with Crippen molar-refractivity contribution in [1.29, 1.82) is 0 Å². The highest BCUT2D eigenvalue weighted by molar-refractivity contribution is 7.11. The molecule has 1 unspecified atom stereocenters. The van der Waals surface area contributed by atoms with Crippen molar-refractivity contribution < 1.29 is 4.79 Å². The summed E-state index contributed by atoms with van der Waals surface area (Å²) in [5, 5.41) is 6.32. The van der Waals surface area contributed by atoms with Gasteiger partial charge in [0.15, 0.2) is 0 Å². The zero-order valence-electron chi connectivity index (χ0n) is 12.1. The van der Waals surface area contributed by atoms with Crippen LogP contribution in [0.2, 0.25) is 0 Å². The molecule has 1 aromatic carbocycles. The maximum atomic E-state index is 11.1. The van der Waals surface area contributed by atoms with Gasteiger partial charge in [-0.05, 0) is 43.7 Å². The molecule has 1 heterocycles. The highest BCUT2D eigenvalue weighted by Crippen LogP contribution is 2.20. The summed E-state index contributed by atoms with van der Waals surface area (Å²) in [5.74, 6) is -0.0446. The molecule has 1 atom stereocenters. The van der Waals surface area contributed by atoms with E-state index in [0.29, 0.717) is 0 Å². The molecular formula is C16H20N2OS. The van der Waals surface area contributed by atoms with Crippen LogP contribution in [-0.4, -0.2) is 5.91 Å². The second kappa shape index (κ2) is 6.68. The van der Waals surface area contributed by atoms with E-state index in [9.17, 15) is 4.79 Å². The normalized spacial score (nSPS) is 12.2. The Balaban J connectivity index is 1.97. The lowest BCUT2D eigenvalue weighted by molar-refractivity contribution is -0.114. The molecule has 1 aromatic heterocycles. The maximum Gasteiger partial charge on any atom is 0.221 e. The molecule has 0 aliphatic rings. The van der Waals surface area contributed by atoms with Gasteiger partial charge in [0, 0.05) is 35.0 Å². The van der Waals surface area contributed by atoms with Crippen LogP contribution in [0.3, 0.4) is 0 Å². The molecule has 1 amide bonds. The Morgan fingerprint density at radius 2 is 2.10 bits per heavy atom. The van der Waals surface area contributed by atoms with Crippen molar-refractivity contribution in [2.45, 2.75) is 33.4 Å². The third-order valence-corrected chi connectivity index (χ3v) is 4.09. The Labute approximate surface area is 124 Å². The van der Waals surface area contributed by atoms with E-state index < -0.39 is 0 Å². The molecule has 4 heteroatoms. The van der Waals surface area contributed by atoms with Gasteiger partial charge in [-0.15, -0.1) is 11.3 Å². The molecular weight excluding hydrogens is 268 g/mol. The second-order valence-electron chi connectivity index (χ2n) is 4.92. The Bertz CT molecular complexity index is 592. The van der Waals surface area contributed by atoms with Gasteiger partial charge in [0.1, 0.15) is 0 Å². The first-order valence-corrected chi connectivity index (χ1v) is 7.52. The van der Waals surface area contributed by atoms with Crippen molar-refractivity contribution in [3.05, 3.63) is 51.7 Å². The minimum atomic E-state index is -0.0446. The fourth-order valence-corrected chi connectivity index (χ4v) is 2.88. The van der Waals surface area contributed by atoms with Crippen molar-refractivity contribution in [3.8, 4) is 0 Å². The predicted octanol–water partition coefficient (Wildman–Crippen LogP) is 3.87. The van der Waals surface area contributed by atoms with E-state index in [1.807, 2.05) is 29.5 Å². The molecule has 0 saturated carbocycles. The Morgan fingerprint density at radius 3 is 2.75 bits per heavy atom. The molecule has 2 aromatic rings. The van der Waals surface area contributed by atoms with Gasteiger partial charge in [-0.3, -0.25) is 4.79 Å². The van der Waals surface area contributed by atoms with E-state index in [1.54, 1.807) is 0 Å². The Morgan fingerprint density at radius 1 is 1.30 bits per heavy atom. The van der Waals surface area contributed by atoms with Crippen LogP contribution in [0.4, 0.5) is 5.69 Å². The monoisotopic (exact) mass is 288 g/mol. The van der Waals surface area contributed by atoms with Gasteiger partial charge >= 0.3 is 0 Å². The quantitative estimate of drug-likeness (QED) is 0.877. The van der Waals surface area contributed by atoms with Crippen LogP contribution in [0.15, 0.2) is 36.4 Å². The van der Waals surface area contributed by atoms with Gasteiger partial charge in [-0.25, -0.2) is 0 Å². The first-order chi connectivity index (χ1) is 9.54.